The minimum atomic E-state index is -0.189. The van der Waals surface area contributed by atoms with E-state index in [4.69, 9.17) is 4.74 Å². The third kappa shape index (κ3) is 5.12. The van der Waals surface area contributed by atoms with Crippen molar-refractivity contribution in [2.24, 2.45) is 0 Å². The highest BCUT2D eigenvalue weighted by molar-refractivity contribution is 7.08. The zero-order valence-corrected chi connectivity index (χ0v) is 18.1. The van der Waals surface area contributed by atoms with Crippen LogP contribution in [0.4, 0.5) is 0 Å². The number of hydrogen-bond acceptors (Lipinski definition) is 7. The van der Waals surface area contributed by atoms with E-state index in [0.29, 0.717) is 29.5 Å². The maximum atomic E-state index is 12.8. The molecular formula is C22H24N4O4S. The van der Waals surface area contributed by atoms with Crippen molar-refractivity contribution in [3.8, 4) is 11.5 Å². The second kappa shape index (κ2) is 8.91. The predicted octanol–water partition coefficient (Wildman–Crippen LogP) is 2.25. The highest BCUT2D eigenvalue weighted by atomic mass is 32.1. The van der Waals surface area contributed by atoms with Crippen molar-refractivity contribution >= 4 is 17.2 Å². The number of amides is 1. The third-order valence-corrected chi connectivity index (χ3v) is 6.11. The lowest BCUT2D eigenvalue weighted by molar-refractivity contribution is 0.0935. The Kier molecular flexibility index (Phi) is 6.06. The van der Waals surface area contributed by atoms with E-state index >= 15 is 0 Å². The first-order chi connectivity index (χ1) is 14.9. The van der Waals surface area contributed by atoms with Crippen molar-refractivity contribution in [1.29, 1.82) is 0 Å². The molecule has 0 spiro atoms. The summed E-state index contributed by atoms with van der Waals surface area (Å²) < 4.78 is 5.77. The second-order valence-corrected chi connectivity index (χ2v) is 8.84. The number of carbonyl (C=O) groups excluding carboxylic acids is 1. The molecular weight excluding hydrogens is 416 g/mol. The predicted molar refractivity (Wildman–Crippen MR) is 118 cm³/mol. The van der Waals surface area contributed by atoms with Crippen LogP contribution in [-0.4, -0.2) is 52.3 Å². The van der Waals surface area contributed by atoms with Crippen molar-refractivity contribution in [2.45, 2.75) is 25.5 Å². The quantitative estimate of drug-likeness (QED) is 0.543. The normalized spacial score (nSPS) is 18.8. The van der Waals surface area contributed by atoms with E-state index in [1.165, 1.54) is 0 Å². The number of likely N-dealkylation sites (N-methyl/N-ethyl adjacent to an activating group) is 1. The van der Waals surface area contributed by atoms with Gasteiger partial charge in [-0.25, -0.2) is 5.10 Å². The van der Waals surface area contributed by atoms with Crippen molar-refractivity contribution in [3.63, 3.8) is 0 Å². The Balaban J connectivity index is 1.38. The molecule has 1 aromatic heterocycles. The lowest BCUT2D eigenvalue weighted by Gasteiger charge is -2.18. The molecule has 8 nitrogen and oxygen atoms in total. The molecule has 2 atom stereocenters. The monoisotopic (exact) mass is 440 g/mol. The van der Waals surface area contributed by atoms with Crippen LogP contribution in [0.25, 0.3) is 0 Å². The summed E-state index contributed by atoms with van der Waals surface area (Å²) in [6, 6.07) is 12.1. The first kappa shape index (κ1) is 21.1. The maximum Gasteiger partial charge on any atom is 0.322 e. The van der Waals surface area contributed by atoms with Crippen LogP contribution in [0.1, 0.15) is 32.4 Å². The number of ether oxygens (including phenoxy) is 1. The van der Waals surface area contributed by atoms with Gasteiger partial charge in [-0.1, -0.05) is 17.4 Å². The fraction of sp³-hybridized carbons (Fsp3) is 0.318. The maximum absolute atomic E-state index is 12.8. The molecule has 9 heteroatoms. The number of benzene rings is 2. The topological polar surface area (TPSA) is 108 Å². The Labute approximate surface area is 183 Å². The number of nitrogens with zero attached hydrogens (tertiary/aromatic N) is 2. The number of aryl methyl sites for hydroxylation is 1. The van der Waals surface area contributed by atoms with E-state index in [0.717, 1.165) is 29.0 Å². The van der Waals surface area contributed by atoms with Crippen molar-refractivity contribution < 1.29 is 14.6 Å². The molecule has 2 heterocycles. The van der Waals surface area contributed by atoms with E-state index in [1.807, 2.05) is 20.0 Å². The van der Waals surface area contributed by atoms with Crippen LogP contribution in [-0.2, 0) is 6.61 Å². The van der Waals surface area contributed by atoms with Crippen LogP contribution in [0.15, 0.2) is 47.3 Å². The Morgan fingerprint density at radius 3 is 2.74 bits per heavy atom. The van der Waals surface area contributed by atoms with Crippen LogP contribution in [0.5, 0.6) is 11.5 Å². The number of aromatic nitrogens is 2. The van der Waals surface area contributed by atoms with Gasteiger partial charge in [-0.3, -0.25) is 9.59 Å². The molecule has 1 fully saturated rings. The molecule has 0 unspecified atom stereocenters. The Morgan fingerprint density at radius 1 is 1.29 bits per heavy atom. The first-order valence-electron chi connectivity index (χ1n) is 9.94. The van der Waals surface area contributed by atoms with Gasteiger partial charge in [0.15, 0.2) is 0 Å². The smallest absolute Gasteiger partial charge is 0.322 e. The number of rotatable bonds is 6. The summed E-state index contributed by atoms with van der Waals surface area (Å²) in [7, 11) is 1.98. The van der Waals surface area contributed by atoms with E-state index in [1.54, 1.807) is 36.4 Å². The molecule has 1 saturated heterocycles. The summed E-state index contributed by atoms with van der Waals surface area (Å²) in [6.07, 6.45) is 0. The summed E-state index contributed by atoms with van der Waals surface area (Å²) in [5.41, 5.74) is 2.36. The minimum Gasteiger partial charge on any atom is -0.508 e. The van der Waals surface area contributed by atoms with E-state index in [-0.39, 0.29) is 28.5 Å². The van der Waals surface area contributed by atoms with Gasteiger partial charge in [0.25, 0.3) is 5.91 Å². The van der Waals surface area contributed by atoms with Gasteiger partial charge < -0.3 is 20.1 Å². The molecule has 0 bridgehead atoms. The van der Waals surface area contributed by atoms with Crippen LogP contribution in [0, 0.1) is 6.92 Å². The van der Waals surface area contributed by atoms with Gasteiger partial charge in [-0.15, -0.1) is 0 Å². The summed E-state index contributed by atoms with van der Waals surface area (Å²) in [4.78, 5) is 26.2. The average Bonchev–Trinajstić information content (AvgIpc) is 3.31. The highest BCUT2D eigenvalue weighted by Crippen LogP contribution is 2.27. The van der Waals surface area contributed by atoms with Gasteiger partial charge in [-0.05, 0) is 61.5 Å². The number of aromatic amines is 1. The Morgan fingerprint density at radius 2 is 2.06 bits per heavy atom. The van der Waals surface area contributed by atoms with Gasteiger partial charge in [0.05, 0.1) is 6.04 Å². The molecule has 162 valence electrons. The van der Waals surface area contributed by atoms with Gasteiger partial charge >= 0.3 is 4.87 Å². The Hall–Kier alpha value is -3.17. The fourth-order valence-corrected chi connectivity index (χ4v) is 4.60. The molecule has 2 aromatic carbocycles. The number of aromatic hydroxyl groups is 1. The van der Waals surface area contributed by atoms with E-state index < -0.39 is 0 Å². The van der Waals surface area contributed by atoms with E-state index in [2.05, 4.69) is 20.4 Å². The van der Waals surface area contributed by atoms with Gasteiger partial charge in [-0.2, -0.15) is 5.10 Å². The molecule has 31 heavy (non-hydrogen) atoms. The van der Waals surface area contributed by atoms with Gasteiger partial charge in [0, 0.05) is 24.6 Å². The second-order valence-electron chi connectivity index (χ2n) is 7.85. The first-order valence-corrected chi connectivity index (χ1v) is 10.8. The van der Waals surface area contributed by atoms with Crippen molar-refractivity contribution in [1.82, 2.24) is 20.4 Å². The number of phenolic OH excluding ortho intramolecular Hbond substituents is 1. The Bertz CT molecular complexity index is 1100. The molecule has 1 amide bonds. The zero-order chi connectivity index (χ0) is 22.0. The number of nitrogens with one attached hydrogen (secondary N) is 2. The van der Waals surface area contributed by atoms with Crippen LogP contribution in [0.3, 0.4) is 0 Å². The zero-order valence-electron chi connectivity index (χ0n) is 17.3. The fourth-order valence-electron chi connectivity index (χ4n) is 3.84. The molecule has 4 rings (SSSR count). The number of likely N-dealkylation sites (tertiary alicyclic amines) is 1. The molecule has 0 saturated carbocycles. The van der Waals surface area contributed by atoms with Crippen LogP contribution >= 0.6 is 11.3 Å². The number of carbonyl (C=O) groups is 1. The van der Waals surface area contributed by atoms with Gasteiger partial charge in [0.2, 0.25) is 0 Å². The molecule has 0 radical (unpaired) electrons. The summed E-state index contributed by atoms with van der Waals surface area (Å²) >= 11 is 1.09. The standard InChI is InChI=1S/C22H24N4O4S/c1-13-7-14(9-16(27)8-13)12-30-17-5-3-15(4-6-17)20(28)23-19-11-26(2)10-18(19)21-24-25-22(29)31-21/h3-9,18-19,27H,10-12H2,1-2H3,(H,23,28)(H,25,29)/t18-,19+/m0/s1. The molecule has 0 aliphatic carbocycles. The lowest BCUT2D eigenvalue weighted by atomic mass is 10.0. The summed E-state index contributed by atoms with van der Waals surface area (Å²) in [5, 5.41) is 20.0. The van der Waals surface area contributed by atoms with Gasteiger partial charge in [0.1, 0.15) is 23.1 Å². The lowest BCUT2D eigenvalue weighted by Crippen LogP contribution is -2.39. The summed E-state index contributed by atoms with van der Waals surface area (Å²) in [6.45, 7) is 3.65. The number of phenols is 1. The molecule has 1 aliphatic heterocycles. The SMILES string of the molecule is Cc1cc(O)cc(COc2ccc(C(=O)N[C@@H]3CN(C)C[C@@H]3c3n[nH]c(=O)s3)cc2)c1. The molecule has 3 aromatic rings. The average molecular weight is 441 g/mol. The van der Waals surface area contributed by atoms with Crippen LogP contribution < -0.4 is 14.9 Å². The highest BCUT2D eigenvalue weighted by Gasteiger charge is 2.35. The summed E-state index contributed by atoms with van der Waals surface area (Å²) in [5.74, 6) is 0.649. The number of H-pyrrole nitrogens is 1. The number of hydrogen-bond donors (Lipinski definition) is 3. The minimum absolute atomic E-state index is 0.0220. The van der Waals surface area contributed by atoms with Crippen molar-refractivity contribution in [3.05, 3.63) is 73.8 Å². The largest absolute Gasteiger partial charge is 0.508 e. The molecule has 1 aliphatic rings. The van der Waals surface area contributed by atoms with E-state index in [9.17, 15) is 14.7 Å². The van der Waals surface area contributed by atoms with Crippen LogP contribution in [0.2, 0.25) is 0 Å². The van der Waals surface area contributed by atoms with Crippen molar-refractivity contribution in [2.75, 3.05) is 20.1 Å². The third-order valence-electron chi connectivity index (χ3n) is 5.23. The molecule has 3 N–H and O–H groups in total.